The van der Waals surface area contributed by atoms with Gasteiger partial charge in [-0.3, -0.25) is 0 Å². The van der Waals surface area contributed by atoms with Gasteiger partial charge in [0.05, 0.1) is 12.6 Å². The number of hydrogen-bond acceptors (Lipinski definition) is 2. The van der Waals surface area contributed by atoms with Crippen molar-refractivity contribution in [2.24, 2.45) is 0 Å². The van der Waals surface area contributed by atoms with Crippen LogP contribution in [-0.2, 0) is 0 Å². The molecule has 0 saturated heterocycles. The van der Waals surface area contributed by atoms with E-state index in [1.807, 2.05) is 17.8 Å². The highest BCUT2D eigenvalue weighted by atomic mass is 31.2. The molecule has 2 atom stereocenters. The topological polar surface area (TPSA) is 26.3 Å². The monoisotopic (exact) mass is 164 g/mol. The van der Waals surface area contributed by atoms with E-state index in [1.165, 1.54) is 0 Å². The van der Waals surface area contributed by atoms with E-state index < -0.39 is 15.4 Å². The Labute approximate surface area is 58.4 Å². The van der Waals surface area contributed by atoms with E-state index in [9.17, 15) is 5.11 Å². The summed E-state index contributed by atoms with van der Waals surface area (Å²) in [5.41, 5.74) is 0. The van der Waals surface area contributed by atoms with Crippen LogP contribution in [0.15, 0.2) is 0 Å². The lowest BCUT2D eigenvalue weighted by atomic mass is 11.4. The third kappa shape index (κ3) is 3.07. The molecule has 0 aromatic carbocycles. The minimum Gasteiger partial charge on any atom is -0.837 e. The molecule has 9 heavy (non-hydrogen) atoms. The Kier molecular flexibility index (Phi) is 4.26. The van der Waals surface area contributed by atoms with Crippen molar-refractivity contribution in [3.8, 4) is 0 Å². The smallest absolute Gasteiger partial charge is 0.216 e. The van der Waals surface area contributed by atoms with Gasteiger partial charge in [0.15, 0.2) is 0 Å². The Hall–Kier alpha value is 0.260. The van der Waals surface area contributed by atoms with Crippen molar-refractivity contribution >= 4 is 28.0 Å². The lowest BCUT2D eigenvalue weighted by molar-refractivity contribution is -0.382. The van der Waals surface area contributed by atoms with Gasteiger partial charge in [-0.2, -0.15) is 0 Å². The minimum atomic E-state index is -0.466. The molecule has 0 bridgehead atoms. The zero-order valence-corrected chi connectivity index (χ0v) is 7.66. The Morgan fingerprint density at radius 3 is 1.67 bits per heavy atom. The first-order chi connectivity index (χ1) is 4.09. The third-order valence-corrected chi connectivity index (χ3v) is 4.54. The molecule has 2 unspecified atom stereocenters. The van der Waals surface area contributed by atoms with E-state index in [0.717, 1.165) is 0 Å². The van der Waals surface area contributed by atoms with Crippen LogP contribution in [0.4, 0.5) is 0 Å². The average molecular weight is 164 g/mol. The van der Waals surface area contributed by atoms with Gasteiger partial charge in [0, 0.05) is 11.2 Å². The first-order valence-corrected chi connectivity index (χ1v) is 6.39. The maximum atomic E-state index is 10.4. The number of nitrogens with zero attached hydrogens (tertiary/aromatic N) is 1. The molecule has 0 rings (SSSR count). The molecule has 0 N–H and O–H groups in total. The zero-order chi connectivity index (χ0) is 7.44. The summed E-state index contributed by atoms with van der Waals surface area (Å²) in [5, 5.41) is 10.4. The van der Waals surface area contributed by atoms with E-state index in [1.54, 1.807) is 0 Å². The van der Waals surface area contributed by atoms with Crippen molar-refractivity contribution in [1.82, 2.24) is 4.44 Å². The molecule has 0 aromatic rings. The quantitative estimate of drug-likeness (QED) is 0.449. The lowest BCUT2D eigenvalue weighted by Crippen LogP contribution is -2.19. The van der Waals surface area contributed by atoms with E-state index in [0.29, 0.717) is 0 Å². The van der Waals surface area contributed by atoms with Crippen molar-refractivity contribution in [3.63, 3.8) is 0 Å². The summed E-state index contributed by atoms with van der Waals surface area (Å²) >= 11 is 0. The van der Waals surface area contributed by atoms with E-state index in [-0.39, 0.29) is 6.73 Å². The van der Waals surface area contributed by atoms with E-state index in [4.69, 9.17) is 0 Å². The number of hydrogen-bond donors (Lipinski definition) is 0. The normalized spacial score (nSPS) is 13.8. The summed E-state index contributed by atoms with van der Waals surface area (Å²) in [4.78, 5) is 0. The molecule has 0 spiro atoms. The Morgan fingerprint density at radius 2 is 1.67 bits per heavy atom. The van der Waals surface area contributed by atoms with Crippen molar-refractivity contribution in [1.29, 1.82) is 0 Å². The molecule has 0 fully saturated rings. The summed E-state index contributed by atoms with van der Waals surface area (Å²) in [5.74, 6) is 0. The molecule has 2 nitrogen and oxygen atoms in total. The second-order valence-electron chi connectivity index (χ2n) is 1.82. The fourth-order valence-corrected chi connectivity index (χ4v) is 2.94. The minimum absolute atomic E-state index is 0.155. The van der Waals surface area contributed by atoms with Crippen LogP contribution in [0.3, 0.4) is 0 Å². The zero-order valence-electron chi connectivity index (χ0n) is 5.87. The van der Waals surface area contributed by atoms with Gasteiger partial charge in [0.2, 0.25) is 15.4 Å². The third-order valence-electron chi connectivity index (χ3n) is 0.904. The Bertz CT molecular complexity index is 121. The molecular formula is C5H12NOP2+. The van der Waals surface area contributed by atoms with Crippen LogP contribution in [0.5, 0.6) is 0 Å². The van der Waals surface area contributed by atoms with Crippen LogP contribution in [0, 0.1) is 0 Å². The molecule has 0 saturated carbocycles. The van der Waals surface area contributed by atoms with Gasteiger partial charge in [-0.25, -0.2) is 0 Å². The highest BCUT2D eigenvalue weighted by molar-refractivity contribution is 7.67. The van der Waals surface area contributed by atoms with Gasteiger partial charge >= 0.3 is 0 Å². The highest BCUT2D eigenvalue weighted by Gasteiger charge is 2.18. The van der Waals surface area contributed by atoms with Crippen LogP contribution in [0.25, 0.3) is 0 Å². The van der Waals surface area contributed by atoms with Crippen LogP contribution in [0.2, 0.25) is 0 Å². The van der Waals surface area contributed by atoms with Gasteiger partial charge in [0.1, 0.15) is 13.3 Å². The molecule has 0 aromatic heterocycles. The van der Waals surface area contributed by atoms with Crippen LogP contribution in [-0.4, -0.2) is 37.1 Å². The molecule has 0 aliphatic rings. The van der Waals surface area contributed by atoms with E-state index in [2.05, 4.69) is 12.6 Å². The van der Waals surface area contributed by atoms with E-state index >= 15 is 0 Å². The fourth-order valence-electron chi connectivity index (χ4n) is 0.458. The van der Waals surface area contributed by atoms with Crippen LogP contribution in [0.1, 0.15) is 0 Å². The predicted molar refractivity (Wildman–Crippen MR) is 46.6 cm³/mol. The summed E-state index contributed by atoms with van der Waals surface area (Å²) in [6, 6.07) is 0. The van der Waals surface area contributed by atoms with Gasteiger partial charge in [-0.15, -0.1) is 0 Å². The van der Waals surface area contributed by atoms with Gasteiger partial charge < -0.3 is 5.11 Å². The second-order valence-corrected chi connectivity index (χ2v) is 5.73. The second kappa shape index (κ2) is 4.14. The Balaban J connectivity index is 3.99. The Morgan fingerprint density at radius 1 is 1.33 bits per heavy atom. The largest absolute Gasteiger partial charge is 0.837 e. The van der Waals surface area contributed by atoms with Crippen molar-refractivity contribution in [3.05, 3.63) is 0 Å². The first kappa shape index (κ1) is 9.26. The highest BCUT2D eigenvalue weighted by Crippen LogP contribution is 2.35. The predicted octanol–water partition coefficient (Wildman–Crippen LogP) is 0.524. The molecule has 0 aliphatic heterocycles. The molecule has 4 heteroatoms. The number of rotatable bonds is 3. The maximum Gasteiger partial charge on any atom is 0.216 e. The first-order valence-electron chi connectivity index (χ1n) is 2.53. The molecule has 52 valence electrons. The van der Waals surface area contributed by atoms with Crippen LogP contribution >= 0.6 is 15.4 Å². The summed E-state index contributed by atoms with van der Waals surface area (Å²) < 4.78 is 1.81. The van der Waals surface area contributed by atoms with Crippen molar-refractivity contribution in [2.45, 2.75) is 0 Å². The van der Waals surface area contributed by atoms with Crippen LogP contribution < -0.4 is 5.11 Å². The summed E-state index contributed by atoms with van der Waals surface area (Å²) in [6.45, 7) is 3.78. The molecule has 0 aliphatic carbocycles. The standard InChI is InChI=1S/C5H12NOP2/c1-8(2)6(5-7)9(3)4/h1,3,5H2,2,4H3/q+1. The molecule has 0 heterocycles. The van der Waals surface area contributed by atoms with Crippen molar-refractivity contribution < 1.29 is 5.11 Å². The molecular weight excluding hydrogens is 152 g/mol. The van der Waals surface area contributed by atoms with Crippen molar-refractivity contribution in [2.75, 3.05) is 20.1 Å². The molecule has 0 amide bonds. The lowest BCUT2D eigenvalue weighted by Gasteiger charge is -2.05. The summed E-state index contributed by atoms with van der Waals surface area (Å²) in [6.07, 6.45) is 7.60. The van der Waals surface area contributed by atoms with Gasteiger partial charge in [0.25, 0.3) is 0 Å². The molecule has 0 radical (unpaired) electrons. The maximum absolute atomic E-state index is 10.4. The van der Waals surface area contributed by atoms with Gasteiger partial charge in [-0.05, 0) is 0 Å². The SMILES string of the molecule is C=[P+](C)N(C[O-])[P+](=C)C. The van der Waals surface area contributed by atoms with Gasteiger partial charge in [-0.1, -0.05) is 0 Å². The fraction of sp³-hybridized carbons (Fsp3) is 0.600. The summed E-state index contributed by atoms with van der Waals surface area (Å²) in [7, 11) is -0.933. The average Bonchev–Trinajstić information content (AvgIpc) is 1.64.